The summed E-state index contributed by atoms with van der Waals surface area (Å²) in [5.41, 5.74) is 3.76. The third-order valence-electron chi connectivity index (χ3n) is 4.89. The Morgan fingerprint density at radius 3 is 2.69 bits per heavy atom. The van der Waals surface area contributed by atoms with Gasteiger partial charge in [0.25, 0.3) is 5.91 Å². The SMILES string of the molecule is Cc1noc(C)c1CN1C(=O)COc2ccc(NC(=O)Cc3ccccc3)cc21. The van der Waals surface area contributed by atoms with Gasteiger partial charge in [-0.25, -0.2) is 0 Å². The van der Waals surface area contributed by atoms with Gasteiger partial charge >= 0.3 is 0 Å². The third kappa shape index (κ3) is 3.99. The number of ether oxygens (including phenoxy) is 1. The van der Waals surface area contributed by atoms with Crippen LogP contribution in [-0.4, -0.2) is 23.6 Å². The van der Waals surface area contributed by atoms with E-state index in [9.17, 15) is 9.59 Å². The molecular weight excluding hydrogens is 370 g/mol. The fraction of sp³-hybridized carbons (Fsp3) is 0.227. The van der Waals surface area contributed by atoms with Gasteiger partial charge in [0.15, 0.2) is 6.61 Å². The van der Waals surface area contributed by atoms with Gasteiger partial charge in [0.2, 0.25) is 5.91 Å². The zero-order valence-corrected chi connectivity index (χ0v) is 16.3. The normalized spacial score (nSPS) is 13.0. The minimum Gasteiger partial charge on any atom is -0.482 e. The van der Waals surface area contributed by atoms with Crippen molar-refractivity contribution >= 4 is 23.2 Å². The molecule has 148 valence electrons. The number of hydrogen-bond acceptors (Lipinski definition) is 5. The van der Waals surface area contributed by atoms with Crippen molar-refractivity contribution in [3.63, 3.8) is 0 Å². The molecule has 0 fully saturated rings. The third-order valence-corrected chi connectivity index (χ3v) is 4.89. The summed E-state index contributed by atoms with van der Waals surface area (Å²) < 4.78 is 10.8. The maximum absolute atomic E-state index is 12.5. The Labute approximate surface area is 168 Å². The molecule has 29 heavy (non-hydrogen) atoms. The van der Waals surface area contributed by atoms with Gasteiger partial charge in [-0.1, -0.05) is 35.5 Å². The maximum Gasteiger partial charge on any atom is 0.265 e. The van der Waals surface area contributed by atoms with E-state index in [0.29, 0.717) is 29.4 Å². The second-order valence-corrected chi connectivity index (χ2v) is 6.96. The zero-order chi connectivity index (χ0) is 20.4. The van der Waals surface area contributed by atoms with Crippen LogP contribution in [0, 0.1) is 13.8 Å². The van der Waals surface area contributed by atoms with Crippen molar-refractivity contribution in [1.29, 1.82) is 0 Å². The largest absolute Gasteiger partial charge is 0.482 e. The second-order valence-electron chi connectivity index (χ2n) is 6.96. The van der Waals surface area contributed by atoms with Crippen LogP contribution in [0.5, 0.6) is 5.75 Å². The zero-order valence-electron chi connectivity index (χ0n) is 16.3. The van der Waals surface area contributed by atoms with Crippen molar-refractivity contribution in [3.05, 3.63) is 71.1 Å². The Balaban J connectivity index is 1.56. The Morgan fingerprint density at radius 2 is 1.97 bits per heavy atom. The number of hydrogen-bond donors (Lipinski definition) is 1. The Kier molecular flexibility index (Phi) is 5.03. The van der Waals surface area contributed by atoms with Gasteiger partial charge in [-0.15, -0.1) is 0 Å². The van der Waals surface area contributed by atoms with E-state index in [1.54, 1.807) is 23.1 Å². The molecule has 2 amide bonds. The summed E-state index contributed by atoms with van der Waals surface area (Å²) in [7, 11) is 0. The molecule has 7 heteroatoms. The highest BCUT2D eigenvalue weighted by Crippen LogP contribution is 2.36. The maximum atomic E-state index is 12.5. The van der Waals surface area contributed by atoms with Crippen molar-refractivity contribution in [2.45, 2.75) is 26.8 Å². The topological polar surface area (TPSA) is 84.7 Å². The van der Waals surface area contributed by atoms with Crippen LogP contribution in [0.3, 0.4) is 0 Å². The monoisotopic (exact) mass is 391 g/mol. The molecule has 1 aliphatic rings. The van der Waals surface area contributed by atoms with Gasteiger partial charge in [-0.05, 0) is 37.6 Å². The molecule has 0 saturated heterocycles. The molecule has 0 spiro atoms. The summed E-state index contributed by atoms with van der Waals surface area (Å²) in [6.07, 6.45) is 0.274. The van der Waals surface area contributed by atoms with Crippen molar-refractivity contribution in [3.8, 4) is 5.75 Å². The average molecular weight is 391 g/mol. The Bertz CT molecular complexity index is 1040. The molecule has 1 aliphatic heterocycles. The lowest BCUT2D eigenvalue weighted by molar-refractivity contribution is -0.121. The van der Waals surface area contributed by atoms with E-state index in [1.165, 1.54) is 0 Å². The highest BCUT2D eigenvalue weighted by atomic mass is 16.5. The van der Waals surface area contributed by atoms with Crippen LogP contribution in [0.25, 0.3) is 0 Å². The predicted octanol–water partition coefficient (Wildman–Crippen LogP) is 3.40. The molecule has 4 rings (SSSR count). The highest BCUT2D eigenvalue weighted by molar-refractivity contribution is 5.99. The number of carbonyl (C=O) groups excluding carboxylic acids is 2. The molecule has 2 aromatic carbocycles. The lowest BCUT2D eigenvalue weighted by Gasteiger charge is -2.29. The molecular formula is C22H21N3O4. The van der Waals surface area contributed by atoms with E-state index >= 15 is 0 Å². The fourth-order valence-electron chi connectivity index (χ4n) is 3.33. The highest BCUT2D eigenvalue weighted by Gasteiger charge is 2.28. The summed E-state index contributed by atoms with van der Waals surface area (Å²) in [5, 5.41) is 6.85. The van der Waals surface area contributed by atoms with Gasteiger partial charge in [0, 0.05) is 11.3 Å². The Hall–Kier alpha value is -3.61. The lowest BCUT2D eigenvalue weighted by atomic mass is 10.1. The first-order valence-electron chi connectivity index (χ1n) is 9.34. The smallest absolute Gasteiger partial charge is 0.265 e. The van der Waals surface area contributed by atoms with Crippen molar-refractivity contribution in [2.24, 2.45) is 0 Å². The first kappa shape index (κ1) is 18.7. The van der Waals surface area contributed by atoms with E-state index in [-0.39, 0.29) is 24.8 Å². The number of nitrogens with zero attached hydrogens (tertiary/aromatic N) is 2. The molecule has 0 saturated carbocycles. The number of fused-ring (bicyclic) bond motifs is 1. The van der Waals surface area contributed by atoms with Gasteiger partial charge in [0.05, 0.1) is 24.3 Å². The molecule has 1 N–H and O–H groups in total. The minimum absolute atomic E-state index is 0.0317. The molecule has 2 heterocycles. The molecule has 0 atom stereocenters. The lowest BCUT2D eigenvalue weighted by Crippen LogP contribution is -2.38. The number of anilines is 2. The number of carbonyl (C=O) groups is 2. The quantitative estimate of drug-likeness (QED) is 0.721. The van der Waals surface area contributed by atoms with E-state index in [2.05, 4.69) is 10.5 Å². The summed E-state index contributed by atoms with van der Waals surface area (Å²) in [5.74, 6) is 0.981. The molecule has 0 unspecified atom stereocenters. The summed E-state index contributed by atoms with van der Waals surface area (Å²) >= 11 is 0. The minimum atomic E-state index is -0.162. The molecule has 0 bridgehead atoms. The first-order chi connectivity index (χ1) is 14.0. The molecule has 0 radical (unpaired) electrons. The number of nitrogens with one attached hydrogen (secondary N) is 1. The van der Waals surface area contributed by atoms with Crippen LogP contribution in [0.1, 0.15) is 22.6 Å². The molecule has 7 nitrogen and oxygen atoms in total. The van der Waals surface area contributed by atoms with Gasteiger partial charge < -0.3 is 19.5 Å². The summed E-state index contributed by atoms with van der Waals surface area (Å²) in [4.78, 5) is 26.6. The number of aryl methyl sites for hydroxylation is 2. The van der Waals surface area contributed by atoms with E-state index < -0.39 is 0 Å². The van der Waals surface area contributed by atoms with Crippen LogP contribution >= 0.6 is 0 Å². The van der Waals surface area contributed by atoms with E-state index in [0.717, 1.165) is 16.8 Å². The van der Waals surface area contributed by atoms with Crippen molar-refractivity contribution in [2.75, 3.05) is 16.8 Å². The standard InChI is InChI=1S/C22H21N3O4/c1-14-18(15(2)29-24-14)12-25-19-11-17(8-9-20(19)28-13-22(25)27)23-21(26)10-16-6-4-3-5-7-16/h3-9,11H,10,12-13H2,1-2H3,(H,23,26). The summed E-state index contributed by atoms with van der Waals surface area (Å²) in [6.45, 7) is 3.97. The van der Waals surface area contributed by atoms with Crippen LogP contribution < -0.4 is 15.0 Å². The number of benzene rings is 2. The van der Waals surface area contributed by atoms with Gasteiger partial charge in [-0.2, -0.15) is 0 Å². The van der Waals surface area contributed by atoms with Crippen molar-refractivity contribution in [1.82, 2.24) is 5.16 Å². The first-order valence-corrected chi connectivity index (χ1v) is 9.34. The van der Waals surface area contributed by atoms with Crippen LogP contribution in [0.2, 0.25) is 0 Å². The molecule has 3 aromatic rings. The van der Waals surface area contributed by atoms with Gasteiger partial charge in [-0.3, -0.25) is 9.59 Å². The second kappa shape index (κ2) is 7.79. The van der Waals surface area contributed by atoms with Gasteiger partial charge in [0.1, 0.15) is 11.5 Å². The summed E-state index contributed by atoms with van der Waals surface area (Å²) in [6, 6.07) is 14.8. The van der Waals surface area contributed by atoms with E-state index in [1.807, 2.05) is 44.2 Å². The van der Waals surface area contributed by atoms with Crippen LogP contribution in [0.15, 0.2) is 53.1 Å². The van der Waals surface area contributed by atoms with Crippen LogP contribution in [0.4, 0.5) is 11.4 Å². The molecule has 0 aliphatic carbocycles. The van der Waals surface area contributed by atoms with Crippen molar-refractivity contribution < 1.29 is 18.8 Å². The average Bonchev–Trinajstić information content (AvgIpc) is 3.02. The number of aromatic nitrogens is 1. The number of rotatable bonds is 5. The van der Waals surface area contributed by atoms with Crippen LogP contribution in [-0.2, 0) is 22.6 Å². The number of amides is 2. The molecule has 1 aromatic heterocycles. The predicted molar refractivity (Wildman–Crippen MR) is 108 cm³/mol. The Morgan fingerprint density at radius 1 is 1.17 bits per heavy atom. The fourth-order valence-corrected chi connectivity index (χ4v) is 3.33. The van der Waals surface area contributed by atoms with E-state index in [4.69, 9.17) is 9.26 Å².